The molecule has 4 N–H and O–H groups in total. The van der Waals surface area contributed by atoms with Crippen molar-refractivity contribution in [3.63, 3.8) is 0 Å². The quantitative estimate of drug-likeness (QED) is 0.0367. The van der Waals surface area contributed by atoms with Gasteiger partial charge in [-0.3, -0.25) is 0 Å². The SMILES string of the molecule is ON=C(c1ccccc1)C(O)CCC(Cl)CCCCCCCCCCCOC(O)C(=NO)c1ccccc1. The van der Waals surface area contributed by atoms with Gasteiger partial charge < -0.3 is 25.4 Å². The topological polar surface area (TPSA) is 115 Å². The number of aliphatic hydroxyl groups excluding tert-OH is 2. The van der Waals surface area contributed by atoms with Crippen LogP contribution in [0.5, 0.6) is 0 Å². The summed E-state index contributed by atoms with van der Waals surface area (Å²) >= 11 is 6.46. The Labute approximate surface area is 231 Å². The van der Waals surface area contributed by atoms with Gasteiger partial charge in [-0.15, -0.1) is 11.6 Å². The van der Waals surface area contributed by atoms with E-state index < -0.39 is 12.4 Å². The molecule has 0 aliphatic carbocycles. The molecule has 3 unspecified atom stereocenters. The summed E-state index contributed by atoms with van der Waals surface area (Å²) in [5, 5.41) is 45.5. The third kappa shape index (κ3) is 12.4. The highest BCUT2D eigenvalue weighted by atomic mass is 35.5. The van der Waals surface area contributed by atoms with Gasteiger partial charge in [0.1, 0.15) is 11.4 Å². The summed E-state index contributed by atoms with van der Waals surface area (Å²) in [4.78, 5) is 0. The molecule has 0 radical (unpaired) electrons. The normalized spacial score (nSPS) is 14.8. The molecule has 0 spiro atoms. The monoisotopic (exact) mass is 546 g/mol. The Bertz CT molecular complexity index is 927. The van der Waals surface area contributed by atoms with Gasteiger partial charge in [-0.05, 0) is 25.7 Å². The van der Waals surface area contributed by atoms with Crippen molar-refractivity contribution in [2.24, 2.45) is 10.3 Å². The van der Waals surface area contributed by atoms with Crippen LogP contribution in [0, 0.1) is 0 Å². The van der Waals surface area contributed by atoms with Crippen LogP contribution in [0.1, 0.15) is 88.2 Å². The first kappa shape index (κ1) is 31.8. The largest absolute Gasteiger partial charge is 0.411 e. The number of oxime groups is 2. The van der Waals surface area contributed by atoms with Crippen LogP contribution in [0.2, 0.25) is 0 Å². The average molecular weight is 547 g/mol. The van der Waals surface area contributed by atoms with E-state index >= 15 is 0 Å². The van der Waals surface area contributed by atoms with Crippen molar-refractivity contribution in [1.82, 2.24) is 0 Å². The molecule has 0 saturated heterocycles. The van der Waals surface area contributed by atoms with E-state index in [9.17, 15) is 20.6 Å². The van der Waals surface area contributed by atoms with Crippen LogP contribution < -0.4 is 0 Å². The molecule has 7 nitrogen and oxygen atoms in total. The Balaban J connectivity index is 1.42. The molecule has 3 atom stereocenters. The zero-order valence-electron chi connectivity index (χ0n) is 22.2. The number of rotatable bonds is 20. The fourth-order valence-corrected chi connectivity index (χ4v) is 4.66. The second kappa shape index (κ2) is 19.6. The van der Waals surface area contributed by atoms with Crippen molar-refractivity contribution in [1.29, 1.82) is 0 Å². The zero-order chi connectivity index (χ0) is 27.4. The Hall–Kier alpha value is -2.45. The van der Waals surface area contributed by atoms with E-state index in [2.05, 4.69) is 10.3 Å². The number of alkyl halides is 1. The molecule has 0 aromatic heterocycles. The molecule has 0 amide bonds. The number of aliphatic hydroxyl groups is 2. The molecule has 2 rings (SSSR count). The number of benzene rings is 2. The average Bonchev–Trinajstić information content (AvgIpc) is 2.94. The standard InChI is InChI=1S/C30H43ClN2O5/c31-26(21-22-27(34)28(32-36)24-16-10-8-11-17-24)20-14-6-4-2-1-3-5-7-15-23-38-30(35)29(33-37)25-18-12-9-13-19-25/h8-13,16-19,26-27,30,34-37H,1-7,14-15,20-23H2. The summed E-state index contributed by atoms with van der Waals surface area (Å²) in [7, 11) is 0. The maximum absolute atomic E-state index is 10.4. The van der Waals surface area contributed by atoms with Crippen LogP contribution in [0.15, 0.2) is 71.0 Å². The lowest BCUT2D eigenvalue weighted by Crippen LogP contribution is -2.25. The van der Waals surface area contributed by atoms with Crippen LogP contribution in [0.25, 0.3) is 0 Å². The summed E-state index contributed by atoms with van der Waals surface area (Å²) in [6.45, 7) is 0.421. The molecule has 0 aliphatic heterocycles. The Kier molecular flexibility index (Phi) is 16.4. The molecular formula is C30H43ClN2O5. The van der Waals surface area contributed by atoms with E-state index in [-0.39, 0.29) is 16.8 Å². The molecule has 0 heterocycles. The van der Waals surface area contributed by atoms with Gasteiger partial charge in [0.2, 0.25) is 6.29 Å². The van der Waals surface area contributed by atoms with Gasteiger partial charge in [-0.2, -0.15) is 0 Å². The number of hydrogen-bond donors (Lipinski definition) is 4. The number of nitrogens with zero attached hydrogens (tertiary/aromatic N) is 2. The van der Waals surface area contributed by atoms with Gasteiger partial charge in [-0.1, -0.05) is 122 Å². The number of ether oxygens (including phenoxy) is 1. The summed E-state index contributed by atoms with van der Waals surface area (Å²) in [5.74, 6) is 0. The zero-order valence-corrected chi connectivity index (χ0v) is 22.9. The number of hydrogen-bond acceptors (Lipinski definition) is 7. The minimum Gasteiger partial charge on any atom is -0.411 e. The van der Waals surface area contributed by atoms with Crippen molar-refractivity contribution in [3.8, 4) is 0 Å². The lowest BCUT2D eigenvalue weighted by molar-refractivity contribution is -0.0517. The van der Waals surface area contributed by atoms with Crippen molar-refractivity contribution >= 4 is 23.0 Å². The first-order valence-electron chi connectivity index (χ1n) is 13.7. The predicted molar refractivity (Wildman–Crippen MR) is 153 cm³/mol. The van der Waals surface area contributed by atoms with Crippen LogP contribution in [-0.4, -0.2) is 56.4 Å². The molecule has 38 heavy (non-hydrogen) atoms. The molecule has 0 fully saturated rings. The van der Waals surface area contributed by atoms with Crippen molar-refractivity contribution in [2.45, 2.75) is 94.8 Å². The minimum absolute atomic E-state index is 0.00789. The molecule has 0 saturated carbocycles. The minimum atomic E-state index is -1.24. The number of halogens is 1. The first-order valence-corrected chi connectivity index (χ1v) is 14.2. The number of unbranched alkanes of at least 4 members (excludes halogenated alkanes) is 8. The Morgan fingerprint density at radius 2 is 1.11 bits per heavy atom. The van der Waals surface area contributed by atoms with Gasteiger partial charge in [0, 0.05) is 16.5 Å². The van der Waals surface area contributed by atoms with Gasteiger partial charge in [-0.25, -0.2) is 0 Å². The fourth-order valence-electron chi connectivity index (χ4n) is 4.38. The summed E-state index contributed by atoms with van der Waals surface area (Å²) in [6.07, 6.45) is 10.0. The second-order valence-electron chi connectivity index (χ2n) is 9.59. The van der Waals surface area contributed by atoms with Gasteiger partial charge in [0.05, 0.1) is 12.7 Å². The van der Waals surface area contributed by atoms with E-state index in [1.165, 1.54) is 25.7 Å². The Morgan fingerprint density at radius 3 is 1.63 bits per heavy atom. The fraction of sp³-hybridized carbons (Fsp3) is 0.533. The van der Waals surface area contributed by atoms with Gasteiger partial charge >= 0.3 is 0 Å². The molecular weight excluding hydrogens is 504 g/mol. The van der Waals surface area contributed by atoms with E-state index in [0.717, 1.165) is 38.5 Å². The lowest BCUT2D eigenvalue weighted by Gasteiger charge is -2.15. The van der Waals surface area contributed by atoms with E-state index in [0.29, 0.717) is 30.6 Å². The predicted octanol–water partition coefficient (Wildman–Crippen LogP) is 6.73. The highest BCUT2D eigenvalue weighted by Crippen LogP contribution is 2.19. The molecule has 210 valence electrons. The lowest BCUT2D eigenvalue weighted by atomic mass is 9.99. The smallest absolute Gasteiger partial charge is 0.202 e. The van der Waals surface area contributed by atoms with E-state index in [1.54, 1.807) is 12.1 Å². The van der Waals surface area contributed by atoms with Crippen molar-refractivity contribution < 1.29 is 25.4 Å². The highest BCUT2D eigenvalue weighted by Gasteiger charge is 2.18. The summed E-state index contributed by atoms with van der Waals surface area (Å²) < 4.78 is 5.43. The van der Waals surface area contributed by atoms with Crippen LogP contribution >= 0.6 is 11.6 Å². The Morgan fingerprint density at radius 1 is 0.632 bits per heavy atom. The van der Waals surface area contributed by atoms with Crippen LogP contribution in [-0.2, 0) is 4.74 Å². The van der Waals surface area contributed by atoms with Crippen molar-refractivity contribution in [2.75, 3.05) is 6.61 Å². The van der Waals surface area contributed by atoms with E-state index in [4.69, 9.17) is 16.3 Å². The maximum Gasteiger partial charge on any atom is 0.202 e. The van der Waals surface area contributed by atoms with Crippen LogP contribution in [0.3, 0.4) is 0 Å². The highest BCUT2D eigenvalue weighted by molar-refractivity contribution is 6.20. The maximum atomic E-state index is 10.4. The third-order valence-electron chi connectivity index (χ3n) is 6.59. The summed E-state index contributed by atoms with van der Waals surface area (Å²) in [6, 6.07) is 18.2. The third-order valence-corrected chi connectivity index (χ3v) is 7.03. The molecule has 8 heteroatoms. The summed E-state index contributed by atoms with van der Waals surface area (Å²) in [5.41, 5.74) is 1.75. The second-order valence-corrected chi connectivity index (χ2v) is 10.2. The van der Waals surface area contributed by atoms with Crippen molar-refractivity contribution in [3.05, 3.63) is 71.8 Å². The molecule has 0 aliphatic rings. The molecule has 0 bridgehead atoms. The van der Waals surface area contributed by atoms with E-state index in [1.807, 2.05) is 48.5 Å². The molecule has 2 aromatic carbocycles. The molecule has 2 aromatic rings. The van der Waals surface area contributed by atoms with Gasteiger partial charge in [0.15, 0.2) is 0 Å². The first-order chi connectivity index (χ1) is 18.6. The van der Waals surface area contributed by atoms with Gasteiger partial charge in [0.25, 0.3) is 0 Å². The van der Waals surface area contributed by atoms with Crippen LogP contribution in [0.4, 0.5) is 0 Å².